The normalized spacial score (nSPS) is 10.8. The zero-order chi connectivity index (χ0) is 20.3. The molecule has 0 fully saturated rings. The van der Waals surface area contributed by atoms with Gasteiger partial charge in [-0.25, -0.2) is 19.9 Å². The van der Waals surface area contributed by atoms with Crippen molar-refractivity contribution >= 4 is 22.7 Å². The topological polar surface area (TPSA) is 77.8 Å². The minimum Gasteiger partial charge on any atom is -0.481 e. The SMILES string of the molecule is COc1ccc(-c2nc(Nc3ccccc3)c3ncn(-c4ccccc4)c3n2)cn1. The van der Waals surface area contributed by atoms with Gasteiger partial charge in [0.2, 0.25) is 5.88 Å². The van der Waals surface area contributed by atoms with E-state index in [9.17, 15) is 0 Å². The van der Waals surface area contributed by atoms with Gasteiger partial charge < -0.3 is 10.1 Å². The average Bonchev–Trinajstić information content (AvgIpc) is 3.25. The highest BCUT2D eigenvalue weighted by Gasteiger charge is 2.16. The fraction of sp³-hybridized carbons (Fsp3) is 0.0435. The lowest BCUT2D eigenvalue weighted by atomic mass is 10.2. The molecular weight excluding hydrogens is 376 g/mol. The Morgan fingerprint density at radius 3 is 2.30 bits per heavy atom. The Hall–Kier alpha value is -4.26. The number of ether oxygens (including phenoxy) is 1. The van der Waals surface area contributed by atoms with Crippen LogP contribution in [-0.4, -0.2) is 31.6 Å². The second kappa shape index (κ2) is 7.63. The van der Waals surface area contributed by atoms with Crippen molar-refractivity contribution in [3.8, 4) is 23.0 Å². The third-order valence-corrected chi connectivity index (χ3v) is 4.67. The van der Waals surface area contributed by atoms with E-state index in [2.05, 4.69) is 15.3 Å². The monoisotopic (exact) mass is 394 g/mol. The van der Waals surface area contributed by atoms with Crippen molar-refractivity contribution in [3.63, 3.8) is 0 Å². The minimum absolute atomic E-state index is 0.539. The Morgan fingerprint density at radius 1 is 0.833 bits per heavy atom. The first-order chi connectivity index (χ1) is 14.8. The highest BCUT2D eigenvalue weighted by atomic mass is 16.5. The number of imidazole rings is 1. The fourth-order valence-electron chi connectivity index (χ4n) is 3.19. The number of hydrogen-bond acceptors (Lipinski definition) is 6. The van der Waals surface area contributed by atoms with E-state index < -0.39 is 0 Å². The number of aromatic nitrogens is 5. The van der Waals surface area contributed by atoms with Crippen molar-refractivity contribution in [1.29, 1.82) is 0 Å². The number of hydrogen-bond donors (Lipinski definition) is 1. The van der Waals surface area contributed by atoms with Gasteiger partial charge in [-0.3, -0.25) is 4.57 Å². The molecule has 30 heavy (non-hydrogen) atoms. The molecule has 5 rings (SSSR count). The van der Waals surface area contributed by atoms with E-state index in [0.717, 1.165) is 16.9 Å². The summed E-state index contributed by atoms with van der Waals surface area (Å²) in [4.78, 5) is 18.4. The van der Waals surface area contributed by atoms with E-state index >= 15 is 0 Å². The zero-order valence-corrected chi connectivity index (χ0v) is 16.2. The number of benzene rings is 2. The molecule has 2 aromatic carbocycles. The van der Waals surface area contributed by atoms with Crippen LogP contribution in [0.25, 0.3) is 28.2 Å². The van der Waals surface area contributed by atoms with Gasteiger partial charge >= 0.3 is 0 Å². The number of para-hydroxylation sites is 2. The maximum Gasteiger partial charge on any atom is 0.212 e. The maximum absolute atomic E-state index is 5.16. The number of pyridine rings is 1. The van der Waals surface area contributed by atoms with Gasteiger partial charge in [-0.1, -0.05) is 36.4 Å². The van der Waals surface area contributed by atoms with E-state index in [4.69, 9.17) is 14.7 Å². The molecule has 7 nitrogen and oxygen atoms in total. The van der Waals surface area contributed by atoms with Crippen LogP contribution in [0.2, 0.25) is 0 Å². The van der Waals surface area contributed by atoms with Crippen LogP contribution in [0.15, 0.2) is 85.3 Å². The van der Waals surface area contributed by atoms with E-state index in [0.29, 0.717) is 28.7 Å². The van der Waals surface area contributed by atoms with Crippen LogP contribution in [0.1, 0.15) is 0 Å². The second-order valence-electron chi connectivity index (χ2n) is 6.60. The van der Waals surface area contributed by atoms with Gasteiger partial charge in [-0.15, -0.1) is 0 Å². The van der Waals surface area contributed by atoms with E-state index in [1.165, 1.54) is 0 Å². The Balaban J connectivity index is 1.69. The fourth-order valence-corrected chi connectivity index (χ4v) is 3.19. The van der Waals surface area contributed by atoms with Crippen molar-refractivity contribution in [2.24, 2.45) is 0 Å². The van der Waals surface area contributed by atoms with E-state index in [1.54, 1.807) is 25.7 Å². The number of methoxy groups -OCH3 is 1. The molecule has 0 amide bonds. The Labute approximate surface area is 173 Å². The van der Waals surface area contributed by atoms with Gasteiger partial charge in [-0.2, -0.15) is 0 Å². The quantitative estimate of drug-likeness (QED) is 0.468. The molecule has 0 unspecified atom stereocenters. The molecule has 0 saturated heterocycles. The molecule has 0 aliphatic rings. The lowest BCUT2D eigenvalue weighted by molar-refractivity contribution is 0.398. The van der Waals surface area contributed by atoms with Crippen molar-refractivity contribution in [3.05, 3.63) is 85.3 Å². The summed E-state index contributed by atoms with van der Waals surface area (Å²) in [7, 11) is 1.59. The Bertz CT molecular complexity index is 1280. The van der Waals surface area contributed by atoms with Crippen LogP contribution >= 0.6 is 0 Å². The molecule has 0 radical (unpaired) electrons. The van der Waals surface area contributed by atoms with Crippen molar-refractivity contribution < 1.29 is 4.74 Å². The number of nitrogens with zero attached hydrogens (tertiary/aromatic N) is 5. The third kappa shape index (κ3) is 3.33. The first-order valence-electron chi connectivity index (χ1n) is 9.45. The number of rotatable bonds is 5. The van der Waals surface area contributed by atoms with Crippen LogP contribution in [-0.2, 0) is 0 Å². The van der Waals surface area contributed by atoms with Crippen LogP contribution in [0.4, 0.5) is 11.5 Å². The van der Waals surface area contributed by atoms with Crippen molar-refractivity contribution in [2.45, 2.75) is 0 Å². The van der Waals surface area contributed by atoms with Crippen LogP contribution < -0.4 is 10.1 Å². The predicted molar refractivity (Wildman–Crippen MR) is 116 cm³/mol. The molecule has 3 aromatic heterocycles. The van der Waals surface area contributed by atoms with Gasteiger partial charge in [0.15, 0.2) is 22.8 Å². The molecule has 7 heteroatoms. The molecule has 0 atom stereocenters. The van der Waals surface area contributed by atoms with Crippen molar-refractivity contribution in [1.82, 2.24) is 24.5 Å². The smallest absolute Gasteiger partial charge is 0.212 e. The van der Waals surface area contributed by atoms with Crippen LogP contribution in [0, 0.1) is 0 Å². The summed E-state index contributed by atoms with van der Waals surface area (Å²) < 4.78 is 7.12. The summed E-state index contributed by atoms with van der Waals surface area (Å²) in [5.74, 6) is 1.72. The molecule has 3 heterocycles. The highest BCUT2D eigenvalue weighted by Crippen LogP contribution is 2.28. The molecule has 0 saturated carbocycles. The molecular formula is C23H18N6O. The summed E-state index contributed by atoms with van der Waals surface area (Å²) in [5, 5.41) is 3.37. The predicted octanol–water partition coefficient (Wildman–Crippen LogP) is 4.63. The molecule has 5 aromatic rings. The number of nitrogens with one attached hydrogen (secondary N) is 1. The van der Waals surface area contributed by atoms with Crippen LogP contribution in [0.5, 0.6) is 5.88 Å². The van der Waals surface area contributed by atoms with Gasteiger partial charge in [-0.05, 0) is 30.3 Å². The van der Waals surface area contributed by atoms with Gasteiger partial charge in [0, 0.05) is 29.2 Å². The van der Waals surface area contributed by atoms with Gasteiger partial charge in [0.25, 0.3) is 0 Å². The van der Waals surface area contributed by atoms with Gasteiger partial charge in [0.1, 0.15) is 6.33 Å². The summed E-state index contributed by atoms with van der Waals surface area (Å²) >= 11 is 0. The Morgan fingerprint density at radius 2 is 1.60 bits per heavy atom. The molecule has 0 aliphatic carbocycles. The zero-order valence-electron chi connectivity index (χ0n) is 16.2. The first kappa shape index (κ1) is 17.8. The minimum atomic E-state index is 0.539. The molecule has 1 N–H and O–H groups in total. The number of fused-ring (bicyclic) bond motifs is 1. The second-order valence-corrected chi connectivity index (χ2v) is 6.60. The molecule has 146 valence electrons. The third-order valence-electron chi connectivity index (χ3n) is 4.67. The summed E-state index contributed by atoms with van der Waals surface area (Å²) in [5.41, 5.74) is 4.08. The lowest BCUT2D eigenvalue weighted by Crippen LogP contribution is -2.01. The summed E-state index contributed by atoms with van der Waals surface area (Å²) in [6.07, 6.45) is 3.47. The highest BCUT2D eigenvalue weighted by molar-refractivity contribution is 5.88. The average molecular weight is 394 g/mol. The largest absolute Gasteiger partial charge is 0.481 e. The summed E-state index contributed by atoms with van der Waals surface area (Å²) in [6, 6.07) is 23.5. The first-order valence-corrected chi connectivity index (χ1v) is 9.45. The summed E-state index contributed by atoms with van der Waals surface area (Å²) in [6.45, 7) is 0. The lowest BCUT2D eigenvalue weighted by Gasteiger charge is -2.10. The molecule has 0 spiro atoms. The van der Waals surface area contributed by atoms with E-state index in [1.807, 2.05) is 71.3 Å². The molecule has 0 bridgehead atoms. The standard InChI is InChI=1S/C23H18N6O/c1-30-19-13-12-16(14-24-19)21-27-22(26-17-8-4-2-5-9-17)20-23(28-21)29(15-25-20)18-10-6-3-7-11-18/h2-15H,1H3,(H,26,27,28). The number of anilines is 2. The Kier molecular flexibility index (Phi) is 4.53. The van der Waals surface area contributed by atoms with Crippen LogP contribution in [0.3, 0.4) is 0 Å². The van der Waals surface area contributed by atoms with Crippen molar-refractivity contribution in [2.75, 3.05) is 12.4 Å². The van der Waals surface area contributed by atoms with Gasteiger partial charge in [0.05, 0.1) is 7.11 Å². The van der Waals surface area contributed by atoms with E-state index in [-0.39, 0.29) is 0 Å². The maximum atomic E-state index is 5.16. The molecule has 0 aliphatic heterocycles.